The first-order valence-corrected chi connectivity index (χ1v) is 8.96. The average molecular weight is 379 g/mol. The van der Waals surface area contributed by atoms with E-state index in [1.807, 2.05) is 16.8 Å². The molecule has 3 N–H and O–H groups in total. The van der Waals surface area contributed by atoms with E-state index in [0.29, 0.717) is 29.6 Å². The van der Waals surface area contributed by atoms with Crippen LogP contribution in [0.1, 0.15) is 36.4 Å². The van der Waals surface area contributed by atoms with Gasteiger partial charge in [-0.2, -0.15) is 5.10 Å². The fourth-order valence-corrected chi connectivity index (χ4v) is 3.29. The summed E-state index contributed by atoms with van der Waals surface area (Å²) in [6.45, 7) is 4.60. The van der Waals surface area contributed by atoms with Crippen LogP contribution < -0.4 is 10.5 Å². The highest BCUT2D eigenvalue weighted by atomic mass is 35.5. The Bertz CT molecular complexity index is 791. The Morgan fingerprint density at radius 1 is 1.42 bits per heavy atom. The highest BCUT2D eigenvalue weighted by molar-refractivity contribution is 6.30. The van der Waals surface area contributed by atoms with E-state index in [1.165, 1.54) is 0 Å². The van der Waals surface area contributed by atoms with Crippen molar-refractivity contribution in [3.05, 3.63) is 46.2 Å². The maximum Gasteiger partial charge on any atom is 0.255 e. The first-order chi connectivity index (χ1) is 12.4. The van der Waals surface area contributed by atoms with E-state index in [4.69, 9.17) is 22.1 Å². The van der Waals surface area contributed by atoms with Gasteiger partial charge in [-0.1, -0.05) is 11.6 Å². The second kappa shape index (κ2) is 8.07. The fraction of sp³-hybridized carbons (Fsp3) is 0.444. The SMILES string of the molecule is CC(O)c1cc2n(n1)CCCN(Cc1cc(Cl)ccc1OCC(N)=O)C2. The lowest BCUT2D eigenvalue weighted by atomic mass is 10.1. The summed E-state index contributed by atoms with van der Waals surface area (Å²) in [6.07, 6.45) is 0.371. The van der Waals surface area contributed by atoms with Gasteiger partial charge in [-0.15, -0.1) is 0 Å². The predicted octanol–water partition coefficient (Wildman–Crippen LogP) is 1.86. The third-order valence-electron chi connectivity index (χ3n) is 4.33. The molecule has 0 fully saturated rings. The molecule has 1 amide bonds. The molecule has 3 rings (SSSR count). The summed E-state index contributed by atoms with van der Waals surface area (Å²) in [7, 11) is 0. The van der Waals surface area contributed by atoms with E-state index in [0.717, 1.165) is 30.8 Å². The molecule has 2 aromatic rings. The van der Waals surface area contributed by atoms with E-state index < -0.39 is 12.0 Å². The number of aliphatic hydroxyl groups is 1. The Balaban J connectivity index is 1.77. The first-order valence-electron chi connectivity index (χ1n) is 8.59. The third-order valence-corrected chi connectivity index (χ3v) is 4.56. The first kappa shape index (κ1) is 18.7. The van der Waals surface area contributed by atoms with Crippen LogP contribution in [0, 0.1) is 0 Å². The monoisotopic (exact) mass is 378 g/mol. The Morgan fingerprint density at radius 2 is 2.23 bits per heavy atom. The van der Waals surface area contributed by atoms with Crippen LogP contribution in [0.25, 0.3) is 0 Å². The molecule has 0 bridgehead atoms. The molecule has 1 aliphatic rings. The molecule has 1 aromatic heterocycles. The quantitative estimate of drug-likeness (QED) is 0.800. The number of aryl methyl sites for hydroxylation is 1. The molecule has 2 heterocycles. The fourth-order valence-electron chi connectivity index (χ4n) is 3.09. The minimum Gasteiger partial charge on any atom is -0.483 e. The molecule has 140 valence electrons. The maximum atomic E-state index is 11.0. The molecule has 0 radical (unpaired) electrons. The smallest absolute Gasteiger partial charge is 0.255 e. The molecule has 7 nitrogen and oxygen atoms in total. The number of aromatic nitrogens is 2. The summed E-state index contributed by atoms with van der Waals surface area (Å²) in [5.41, 5.74) is 7.84. The van der Waals surface area contributed by atoms with Gasteiger partial charge in [-0.3, -0.25) is 14.4 Å². The van der Waals surface area contributed by atoms with Gasteiger partial charge in [-0.05, 0) is 37.6 Å². The van der Waals surface area contributed by atoms with Gasteiger partial charge in [0.15, 0.2) is 6.61 Å². The predicted molar refractivity (Wildman–Crippen MR) is 97.7 cm³/mol. The third kappa shape index (κ3) is 4.55. The zero-order valence-electron chi connectivity index (χ0n) is 14.7. The molecular weight excluding hydrogens is 356 g/mol. The molecule has 0 saturated heterocycles. The molecule has 1 atom stereocenters. The van der Waals surface area contributed by atoms with Crippen molar-refractivity contribution in [3.8, 4) is 5.75 Å². The van der Waals surface area contributed by atoms with E-state index in [2.05, 4.69) is 10.00 Å². The van der Waals surface area contributed by atoms with E-state index in [1.54, 1.807) is 19.1 Å². The maximum absolute atomic E-state index is 11.0. The minimum atomic E-state index is -0.579. The van der Waals surface area contributed by atoms with Crippen molar-refractivity contribution in [2.24, 2.45) is 5.73 Å². The topological polar surface area (TPSA) is 93.6 Å². The average Bonchev–Trinajstić information content (AvgIpc) is 2.88. The van der Waals surface area contributed by atoms with Crippen molar-refractivity contribution in [1.82, 2.24) is 14.7 Å². The lowest BCUT2D eigenvalue weighted by Gasteiger charge is -2.21. The van der Waals surface area contributed by atoms with Crippen LogP contribution in [-0.4, -0.2) is 38.8 Å². The number of aliphatic hydroxyl groups excluding tert-OH is 1. The van der Waals surface area contributed by atoms with Crippen LogP contribution in [0.5, 0.6) is 5.75 Å². The number of benzene rings is 1. The normalized spacial score (nSPS) is 16.0. The van der Waals surface area contributed by atoms with Crippen molar-refractivity contribution >= 4 is 17.5 Å². The van der Waals surface area contributed by atoms with Crippen molar-refractivity contribution in [3.63, 3.8) is 0 Å². The Kier molecular flexibility index (Phi) is 5.80. The van der Waals surface area contributed by atoms with Crippen LogP contribution >= 0.6 is 11.6 Å². The van der Waals surface area contributed by atoms with Gasteiger partial charge in [-0.25, -0.2) is 0 Å². The lowest BCUT2D eigenvalue weighted by Crippen LogP contribution is -2.24. The molecule has 8 heteroatoms. The Labute approximate surface area is 157 Å². The van der Waals surface area contributed by atoms with Crippen molar-refractivity contribution in [2.75, 3.05) is 13.2 Å². The van der Waals surface area contributed by atoms with Gasteiger partial charge in [0.25, 0.3) is 5.91 Å². The molecule has 0 spiro atoms. The van der Waals surface area contributed by atoms with Crippen molar-refractivity contribution in [1.29, 1.82) is 0 Å². The molecular formula is C18H23ClN4O3. The summed E-state index contributed by atoms with van der Waals surface area (Å²) < 4.78 is 7.48. The van der Waals surface area contributed by atoms with E-state index in [9.17, 15) is 9.90 Å². The number of rotatable bonds is 6. The van der Waals surface area contributed by atoms with Gasteiger partial charge in [0.2, 0.25) is 0 Å². The van der Waals surface area contributed by atoms with Gasteiger partial charge in [0, 0.05) is 36.8 Å². The second-order valence-corrected chi connectivity index (χ2v) is 6.97. The summed E-state index contributed by atoms with van der Waals surface area (Å²) in [6, 6.07) is 7.29. The highest BCUT2D eigenvalue weighted by Crippen LogP contribution is 2.26. The molecule has 1 aliphatic heterocycles. The highest BCUT2D eigenvalue weighted by Gasteiger charge is 2.19. The summed E-state index contributed by atoms with van der Waals surface area (Å²) in [5.74, 6) is 0.0888. The van der Waals surface area contributed by atoms with Crippen LogP contribution in [0.2, 0.25) is 5.02 Å². The van der Waals surface area contributed by atoms with Crippen molar-refractivity contribution in [2.45, 2.75) is 39.1 Å². The summed E-state index contributed by atoms with van der Waals surface area (Å²) in [4.78, 5) is 13.3. The molecule has 26 heavy (non-hydrogen) atoms. The van der Waals surface area contributed by atoms with Gasteiger partial charge >= 0.3 is 0 Å². The minimum absolute atomic E-state index is 0.168. The van der Waals surface area contributed by atoms with Gasteiger partial charge in [0.1, 0.15) is 5.75 Å². The number of ether oxygens (including phenoxy) is 1. The Hall–Kier alpha value is -2.09. The lowest BCUT2D eigenvalue weighted by molar-refractivity contribution is -0.119. The number of amides is 1. The number of hydrogen-bond acceptors (Lipinski definition) is 5. The van der Waals surface area contributed by atoms with Crippen LogP contribution in [0.15, 0.2) is 24.3 Å². The van der Waals surface area contributed by atoms with Crippen molar-refractivity contribution < 1.29 is 14.6 Å². The van der Waals surface area contributed by atoms with Crippen LogP contribution in [0.4, 0.5) is 0 Å². The molecule has 1 aromatic carbocycles. The number of halogens is 1. The zero-order chi connectivity index (χ0) is 18.7. The number of fused-ring (bicyclic) bond motifs is 1. The number of nitrogens with zero attached hydrogens (tertiary/aromatic N) is 3. The standard InChI is InChI=1S/C18H23ClN4O3/c1-12(24)16-8-15-10-22(5-2-6-23(15)21-16)9-13-7-14(19)3-4-17(13)26-11-18(20)25/h3-4,7-8,12,24H,2,5-6,9-11H2,1H3,(H2,20,25). The number of carbonyl (C=O) groups is 1. The van der Waals surface area contributed by atoms with E-state index >= 15 is 0 Å². The summed E-state index contributed by atoms with van der Waals surface area (Å²) >= 11 is 6.14. The molecule has 1 unspecified atom stereocenters. The second-order valence-electron chi connectivity index (χ2n) is 6.53. The number of carbonyl (C=O) groups excluding carboxylic acids is 1. The Morgan fingerprint density at radius 3 is 2.96 bits per heavy atom. The zero-order valence-corrected chi connectivity index (χ0v) is 15.4. The van der Waals surface area contributed by atoms with Gasteiger partial charge < -0.3 is 15.6 Å². The van der Waals surface area contributed by atoms with Crippen LogP contribution in [-0.2, 0) is 24.4 Å². The number of primary amides is 1. The number of hydrogen-bond donors (Lipinski definition) is 2. The molecule has 0 aliphatic carbocycles. The number of nitrogens with two attached hydrogens (primary N) is 1. The van der Waals surface area contributed by atoms with Gasteiger partial charge in [0.05, 0.1) is 17.5 Å². The molecule has 0 saturated carbocycles. The van der Waals surface area contributed by atoms with Crippen LogP contribution in [0.3, 0.4) is 0 Å². The van der Waals surface area contributed by atoms with E-state index in [-0.39, 0.29) is 6.61 Å². The largest absolute Gasteiger partial charge is 0.483 e. The summed E-state index contributed by atoms with van der Waals surface area (Å²) in [5, 5.41) is 14.8.